The Morgan fingerprint density at radius 1 is 1.17 bits per heavy atom. The maximum absolute atomic E-state index is 11.8. The van der Waals surface area contributed by atoms with E-state index in [2.05, 4.69) is 9.72 Å². The molecule has 1 aromatic heterocycles. The molecule has 1 N–H and O–H groups in total. The summed E-state index contributed by atoms with van der Waals surface area (Å²) >= 11 is 1.30. The number of alkyl carbamates (subject to hydrolysis) is 1. The quantitative estimate of drug-likeness (QED) is 0.843. The fourth-order valence-electron chi connectivity index (χ4n) is 1.60. The zero-order valence-corrected chi connectivity index (χ0v) is 13.1. The van der Waals surface area contributed by atoms with Crippen LogP contribution in [0.4, 0.5) is 4.79 Å². The number of nitrogens with one attached hydrogen (secondary N) is 1. The van der Waals surface area contributed by atoms with Gasteiger partial charge in [-0.15, -0.1) is 11.3 Å². The second-order valence-corrected chi connectivity index (χ2v) is 5.11. The van der Waals surface area contributed by atoms with Crippen molar-refractivity contribution in [1.82, 2.24) is 10.3 Å². The van der Waals surface area contributed by atoms with Crippen LogP contribution in [0.15, 0.2) is 35.7 Å². The number of thiazole rings is 1. The van der Waals surface area contributed by atoms with E-state index in [9.17, 15) is 14.4 Å². The molecule has 0 aliphatic heterocycles. The molecular weight excluding hydrogens is 320 g/mol. The van der Waals surface area contributed by atoms with Crippen molar-refractivity contribution < 1.29 is 23.9 Å². The minimum atomic E-state index is -0.881. The van der Waals surface area contributed by atoms with Crippen molar-refractivity contribution in [2.24, 2.45) is 0 Å². The summed E-state index contributed by atoms with van der Waals surface area (Å²) in [4.78, 5) is 38.4. The lowest BCUT2D eigenvalue weighted by molar-refractivity contribution is -0.123. The van der Waals surface area contributed by atoms with Crippen LogP contribution in [-0.4, -0.2) is 36.2 Å². The van der Waals surface area contributed by atoms with Gasteiger partial charge in [0.25, 0.3) is 5.91 Å². The van der Waals surface area contributed by atoms with Crippen LogP contribution in [0.3, 0.4) is 0 Å². The summed E-state index contributed by atoms with van der Waals surface area (Å²) in [5, 5.41) is 4.15. The molecule has 0 saturated heterocycles. The molecule has 8 heteroatoms. The molecule has 7 nitrogen and oxygen atoms in total. The van der Waals surface area contributed by atoms with E-state index < -0.39 is 24.6 Å². The summed E-state index contributed by atoms with van der Waals surface area (Å²) in [6.45, 7) is 1.16. The molecule has 0 unspecified atom stereocenters. The maximum Gasteiger partial charge on any atom is 0.413 e. The van der Waals surface area contributed by atoms with Gasteiger partial charge in [0.15, 0.2) is 12.3 Å². The number of aromatic nitrogens is 1. The van der Waals surface area contributed by atoms with Crippen molar-refractivity contribution in [3.63, 3.8) is 0 Å². The highest BCUT2D eigenvalue weighted by Crippen LogP contribution is 2.23. The first-order valence-corrected chi connectivity index (χ1v) is 7.62. The van der Waals surface area contributed by atoms with Crippen LogP contribution in [0, 0.1) is 0 Å². The van der Waals surface area contributed by atoms with Gasteiger partial charge in [-0.1, -0.05) is 30.3 Å². The summed E-state index contributed by atoms with van der Waals surface area (Å²) in [5.74, 6) is -1.50. The Hall–Kier alpha value is -2.74. The lowest BCUT2D eigenvalue weighted by Crippen LogP contribution is -2.34. The number of ether oxygens (including phenoxy) is 2. The first kappa shape index (κ1) is 16.6. The van der Waals surface area contributed by atoms with Crippen LogP contribution in [0.2, 0.25) is 0 Å². The molecule has 2 amide bonds. The van der Waals surface area contributed by atoms with Gasteiger partial charge in [0.05, 0.1) is 6.61 Å². The van der Waals surface area contributed by atoms with E-state index in [1.165, 1.54) is 11.3 Å². The number of carbonyl (C=O) groups excluding carboxylic acids is 3. The van der Waals surface area contributed by atoms with E-state index in [0.29, 0.717) is 5.01 Å². The largest absolute Gasteiger partial charge is 0.451 e. The first-order valence-electron chi connectivity index (χ1n) is 6.75. The standard InChI is InChI=1S/C15H14N2O5S/c1-2-21-15(20)17-12(18)8-22-14(19)11-9-23-13(16-11)10-6-4-3-5-7-10/h3-7,9H,2,8H2,1H3,(H,17,18,20). The number of carbonyl (C=O) groups is 3. The fourth-order valence-corrected chi connectivity index (χ4v) is 2.40. The Bertz CT molecular complexity index is 699. The highest BCUT2D eigenvalue weighted by Gasteiger charge is 2.16. The number of hydrogen-bond donors (Lipinski definition) is 1. The van der Waals surface area contributed by atoms with Crippen molar-refractivity contribution in [2.45, 2.75) is 6.92 Å². The second-order valence-electron chi connectivity index (χ2n) is 4.25. The molecule has 0 bridgehead atoms. The average molecular weight is 334 g/mol. The Labute approximate surface area is 136 Å². The Kier molecular flexibility index (Phi) is 5.81. The van der Waals surface area contributed by atoms with E-state index in [0.717, 1.165) is 5.56 Å². The third-order valence-electron chi connectivity index (χ3n) is 2.59. The Balaban J connectivity index is 1.88. The molecule has 0 spiro atoms. The predicted molar refractivity (Wildman–Crippen MR) is 83.0 cm³/mol. The van der Waals surface area contributed by atoms with Crippen molar-refractivity contribution >= 4 is 29.3 Å². The number of imide groups is 1. The van der Waals surface area contributed by atoms with Gasteiger partial charge in [0.1, 0.15) is 5.01 Å². The number of nitrogens with zero attached hydrogens (tertiary/aromatic N) is 1. The minimum Gasteiger partial charge on any atom is -0.451 e. The van der Waals surface area contributed by atoms with E-state index in [-0.39, 0.29) is 12.3 Å². The van der Waals surface area contributed by atoms with Crippen LogP contribution in [0.25, 0.3) is 10.6 Å². The number of benzene rings is 1. The molecule has 1 heterocycles. The van der Waals surface area contributed by atoms with Gasteiger partial charge < -0.3 is 9.47 Å². The molecule has 0 fully saturated rings. The molecule has 23 heavy (non-hydrogen) atoms. The number of hydrogen-bond acceptors (Lipinski definition) is 7. The number of rotatable bonds is 5. The Morgan fingerprint density at radius 3 is 2.61 bits per heavy atom. The molecule has 0 aliphatic rings. The van der Waals surface area contributed by atoms with Gasteiger partial charge >= 0.3 is 12.1 Å². The van der Waals surface area contributed by atoms with Crippen LogP contribution in [-0.2, 0) is 14.3 Å². The minimum absolute atomic E-state index is 0.109. The molecule has 0 aliphatic carbocycles. The van der Waals surface area contributed by atoms with Crippen LogP contribution < -0.4 is 5.32 Å². The highest BCUT2D eigenvalue weighted by atomic mass is 32.1. The molecular formula is C15H14N2O5S. The van der Waals surface area contributed by atoms with Gasteiger partial charge in [0, 0.05) is 10.9 Å². The van der Waals surface area contributed by atoms with Crippen LogP contribution >= 0.6 is 11.3 Å². The van der Waals surface area contributed by atoms with E-state index in [4.69, 9.17) is 4.74 Å². The van der Waals surface area contributed by atoms with E-state index >= 15 is 0 Å². The molecule has 2 aromatic rings. The van der Waals surface area contributed by atoms with Crippen molar-refractivity contribution in [1.29, 1.82) is 0 Å². The second kappa shape index (κ2) is 8.04. The third-order valence-corrected chi connectivity index (χ3v) is 3.48. The van der Waals surface area contributed by atoms with Gasteiger partial charge in [0.2, 0.25) is 0 Å². The molecule has 0 radical (unpaired) electrons. The van der Waals surface area contributed by atoms with Crippen molar-refractivity contribution in [3.8, 4) is 10.6 Å². The van der Waals surface area contributed by atoms with Crippen LogP contribution in [0.5, 0.6) is 0 Å². The monoisotopic (exact) mass is 334 g/mol. The fraction of sp³-hybridized carbons (Fsp3) is 0.200. The van der Waals surface area contributed by atoms with Crippen molar-refractivity contribution in [3.05, 3.63) is 41.4 Å². The maximum atomic E-state index is 11.8. The highest BCUT2D eigenvalue weighted by molar-refractivity contribution is 7.13. The number of esters is 1. The van der Waals surface area contributed by atoms with Gasteiger partial charge in [-0.3, -0.25) is 10.1 Å². The SMILES string of the molecule is CCOC(=O)NC(=O)COC(=O)c1csc(-c2ccccc2)n1. The van der Waals surface area contributed by atoms with Crippen molar-refractivity contribution in [2.75, 3.05) is 13.2 Å². The van der Waals surface area contributed by atoms with E-state index in [1.54, 1.807) is 12.3 Å². The third kappa shape index (κ3) is 4.89. The van der Waals surface area contributed by atoms with Gasteiger partial charge in [-0.05, 0) is 6.92 Å². The molecule has 1 aromatic carbocycles. The molecule has 120 valence electrons. The summed E-state index contributed by atoms with van der Waals surface area (Å²) in [6, 6.07) is 9.37. The Morgan fingerprint density at radius 2 is 1.91 bits per heavy atom. The molecule has 0 atom stereocenters. The van der Waals surface area contributed by atoms with E-state index in [1.807, 2.05) is 35.6 Å². The number of amides is 2. The predicted octanol–water partition coefficient (Wildman–Crippen LogP) is 2.24. The molecule has 2 rings (SSSR count). The smallest absolute Gasteiger partial charge is 0.413 e. The first-order chi connectivity index (χ1) is 11.1. The van der Waals surface area contributed by atoms with Gasteiger partial charge in [-0.25, -0.2) is 14.6 Å². The summed E-state index contributed by atoms with van der Waals surface area (Å²) in [5.41, 5.74) is 0.995. The van der Waals surface area contributed by atoms with Crippen LogP contribution in [0.1, 0.15) is 17.4 Å². The topological polar surface area (TPSA) is 94.6 Å². The zero-order valence-electron chi connectivity index (χ0n) is 12.3. The van der Waals surface area contributed by atoms with Gasteiger partial charge in [-0.2, -0.15) is 0 Å². The summed E-state index contributed by atoms with van der Waals surface area (Å²) in [7, 11) is 0. The molecule has 0 saturated carbocycles. The lowest BCUT2D eigenvalue weighted by Gasteiger charge is -2.04. The average Bonchev–Trinajstić information content (AvgIpc) is 3.03. The summed E-state index contributed by atoms with van der Waals surface area (Å²) < 4.78 is 9.34. The lowest BCUT2D eigenvalue weighted by atomic mass is 10.2. The summed E-state index contributed by atoms with van der Waals surface area (Å²) in [6.07, 6.45) is -0.881. The zero-order chi connectivity index (χ0) is 16.7. The normalized spacial score (nSPS) is 9.96.